The Morgan fingerprint density at radius 3 is 2.94 bits per heavy atom. The van der Waals surface area contributed by atoms with E-state index in [-0.39, 0.29) is 6.04 Å². The molecule has 0 saturated heterocycles. The van der Waals surface area contributed by atoms with Crippen molar-refractivity contribution in [1.29, 1.82) is 0 Å². The monoisotopic (exact) mass is 230 g/mol. The first-order valence-corrected chi connectivity index (χ1v) is 5.92. The first kappa shape index (κ1) is 11.8. The molecule has 4 nitrogen and oxygen atoms in total. The van der Waals surface area contributed by atoms with Gasteiger partial charge in [-0.1, -0.05) is 13.0 Å². The molecular formula is C13H18N4. The van der Waals surface area contributed by atoms with Gasteiger partial charge in [0.25, 0.3) is 0 Å². The second-order valence-electron chi connectivity index (χ2n) is 4.22. The average molecular weight is 230 g/mol. The van der Waals surface area contributed by atoms with Crippen LogP contribution in [0.15, 0.2) is 30.6 Å². The minimum Gasteiger partial charge on any atom is -0.319 e. The second-order valence-corrected chi connectivity index (χ2v) is 4.22. The fraction of sp³-hybridized carbons (Fsp3) is 0.385. The van der Waals surface area contributed by atoms with Gasteiger partial charge in [-0.05, 0) is 25.5 Å². The average Bonchev–Trinajstić information content (AvgIpc) is 2.77. The molecule has 0 fully saturated rings. The summed E-state index contributed by atoms with van der Waals surface area (Å²) >= 11 is 0. The summed E-state index contributed by atoms with van der Waals surface area (Å²) in [5.74, 6) is 0. The van der Waals surface area contributed by atoms with Crippen molar-refractivity contribution in [3.05, 3.63) is 47.5 Å². The van der Waals surface area contributed by atoms with Crippen LogP contribution >= 0.6 is 0 Å². The molecule has 0 bridgehead atoms. The molecule has 2 rings (SSSR count). The summed E-state index contributed by atoms with van der Waals surface area (Å²) < 4.78 is 1.92. The number of aromatic nitrogens is 3. The number of nitrogens with two attached hydrogens (primary N) is 1. The standard InChI is InChI=1S/C13H18N4/c1-3-7-17-9-11(8-15-17)13(14)12-6-4-5-10(2)16-12/h4-6,8-9,13H,3,7,14H2,1-2H3. The lowest BCUT2D eigenvalue weighted by Crippen LogP contribution is -2.13. The van der Waals surface area contributed by atoms with Crippen LogP contribution in [-0.2, 0) is 6.54 Å². The van der Waals surface area contributed by atoms with E-state index in [0.717, 1.165) is 29.9 Å². The zero-order valence-electron chi connectivity index (χ0n) is 10.3. The molecule has 90 valence electrons. The molecule has 4 heteroatoms. The molecule has 2 aromatic heterocycles. The Morgan fingerprint density at radius 1 is 1.41 bits per heavy atom. The maximum atomic E-state index is 6.18. The van der Waals surface area contributed by atoms with Crippen molar-refractivity contribution in [1.82, 2.24) is 14.8 Å². The third-order valence-electron chi connectivity index (χ3n) is 2.69. The van der Waals surface area contributed by atoms with Gasteiger partial charge in [0.2, 0.25) is 0 Å². The van der Waals surface area contributed by atoms with Crippen molar-refractivity contribution in [2.45, 2.75) is 32.9 Å². The summed E-state index contributed by atoms with van der Waals surface area (Å²) in [5.41, 5.74) is 9.06. The number of hydrogen-bond acceptors (Lipinski definition) is 3. The smallest absolute Gasteiger partial charge is 0.0757 e. The zero-order valence-corrected chi connectivity index (χ0v) is 10.3. The number of aryl methyl sites for hydroxylation is 2. The summed E-state index contributed by atoms with van der Waals surface area (Å²) in [5, 5.41) is 4.28. The van der Waals surface area contributed by atoms with Crippen molar-refractivity contribution in [3.8, 4) is 0 Å². The maximum absolute atomic E-state index is 6.18. The van der Waals surface area contributed by atoms with Gasteiger partial charge in [0.05, 0.1) is 17.9 Å². The molecule has 1 unspecified atom stereocenters. The molecule has 0 aliphatic heterocycles. The number of nitrogens with zero attached hydrogens (tertiary/aromatic N) is 3. The van der Waals surface area contributed by atoms with Crippen molar-refractivity contribution in [3.63, 3.8) is 0 Å². The Bertz CT molecular complexity index is 490. The predicted molar refractivity (Wildman–Crippen MR) is 67.5 cm³/mol. The highest BCUT2D eigenvalue weighted by atomic mass is 15.3. The number of hydrogen-bond donors (Lipinski definition) is 1. The Kier molecular flexibility index (Phi) is 3.54. The van der Waals surface area contributed by atoms with E-state index in [1.54, 1.807) is 0 Å². The van der Waals surface area contributed by atoms with E-state index in [1.807, 2.05) is 42.2 Å². The van der Waals surface area contributed by atoms with E-state index in [1.165, 1.54) is 0 Å². The number of rotatable bonds is 4. The SMILES string of the molecule is CCCn1cc(C(N)c2cccc(C)n2)cn1. The van der Waals surface area contributed by atoms with Crippen LogP contribution in [0.25, 0.3) is 0 Å². The topological polar surface area (TPSA) is 56.7 Å². The highest BCUT2D eigenvalue weighted by Crippen LogP contribution is 2.17. The quantitative estimate of drug-likeness (QED) is 0.874. The normalized spacial score (nSPS) is 12.6. The van der Waals surface area contributed by atoms with E-state index in [4.69, 9.17) is 5.73 Å². The van der Waals surface area contributed by atoms with Gasteiger partial charge < -0.3 is 5.73 Å². The lowest BCUT2D eigenvalue weighted by molar-refractivity contribution is 0.601. The highest BCUT2D eigenvalue weighted by Gasteiger charge is 2.12. The van der Waals surface area contributed by atoms with Gasteiger partial charge in [-0.3, -0.25) is 9.67 Å². The van der Waals surface area contributed by atoms with Crippen LogP contribution in [0.4, 0.5) is 0 Å². The van der Waals surface area contributed by atoms with E-state index >= 15 is 0 Å². The Morgan fingerprint density at radius 2 is 2.24 bits per heavy atom. The summed E-state index contributed by atoms with van der Waals surface area (Å²) in [6.07, 6.45) is 4.89. The lowest BCUT2D eigenvalue weighted by atomic mass is 10.1. The summed E-state index contributed by atoms with van der Waals surface area (Å²) in [6, 6.07) is 5.71. The van der Waals surface area contributed by atoms with Gasteiger partial charge in [0, 0.05) is 24.0 Å². The van der Waals surface area contributed by atoms with Crippen molar-refractivity contribution in [2.75, 3.05) is 0 Å². The van der Waals surface area contributed by atoms with Crippen LogP contribution in [0.3, 0.4) is 0 Å². The third-order valence-corrected chi connectivity index (χ3v) is 2.69. The van der Waals surface area contributed by atoms with E-state index in [9.17, 15) is 0 Å². The maximum Gasteiger partial charge on any atom is 0.0757 e. The molecule has 17 heavy (non-hydrogen) atoms. The van der Waals surface area contributed by atoms with Crippen LogP contribution < -0.4 is 5.73 Å². The Labute approximate surface area is 101 Å². The molecule has 0 radical (unpaired) electrons. The fourth-order valence-corrected chi connectivity index (χ4v) is 1.80. The molecule has 0 aromatic carbocycles. The predicted octanol–water partition coefficient (Wildman–Crippen LogP) is 2.04. The molecule has 1 atom stereocenters. The van der Waals surface area contributed by atoms with Crippen LogP contribution in [0, 0.1) is 6.92 Å². The highest BCUT2D eigenvalue weighted by molar-refractivity contribution is 5.24. The lowest BCUT2D eigenvalue weighted by Gasteiger charge is -2.09. The van der Waals surface area contributed by atoms with Gasteiger partial charge in [-0.2, -0.15) is 5.10 Å². The number of pyridine rings is 1. The van der Waals surface area contributed by atoms with Crippen LogP contribution in [0.1, 0.15) is 36.3 Å². The Hall–Kier alpha value is -1.68. The van der Waals surface area contributed by atoms with Crippen molar-refractivity contribution >= 4 is 0 Å². The van der Waals surface area contributed by atoms with Crippen LogP contribution in [-0.4, -0.2) is 14.8 Å². The molecule has 2 aromatic rings. The van der Waals surface area contributed by atoms with Crippen LogP contribution in [0.2, 0.25) is 0 Å². The Balaban J connectivity index is 2.21. The van der Waals surface area contributed by atoms with E-state index < -0.39 is 0 Å². The molecule has 0 aliphatic rings. The fourth-order valence-electron chi connectivity index (χ4n) is 1.80. The van der Waals surface area contributed by atoms with E-state index in [0.29, 0.717) is 0 Å². The van der Waals surface area contributed by atoms with E-state index in [2.05, 4.69) is 17.0 Å². The molecule has 0 saturated carbocycles. The van der Waals surface area contributed by atoms with Gasteiger partial charge in [-0.25, -0.2) is 0 Å². The molecule has 0 amide bonds. The minimum absolute atomic E-state index is 0.194. The van der Waals surface area contributed by atoms with Crippen molar-refractivity contribution in [2.24, 2.45) is 5.73 Å². The first-order chi connectivity index (χ1) is 8.20. The molecule has 0 spiro atoms. The minimum atomic E-state index is -0.194. The first-order valence-electron chi connectivity index (χ1n) is 5.92. The third kappa shape index (κ3) is 2.71. The summed E-state index contributed by atoms with van der Waals surface area (Å²) in [4.78, 5) is 4.44. The molecular weight excluding hydrogens is 212 g/mol. The second kappa shape index (κ2) is 5.10. The van der Waals surface area contributed by atoms with Gasteiger partial charge in [-0.15, -0.1) is 0 Å². The zero-order chi connectivity index (χ0) is 12.3. The molecule has 0 aliphatic carbocycles. The van der Waals surface area contributed by atoms with Gasteiger partial charge >= 0.3 is 0 Å². The molecule has 2 N–H and O–H groups in total. The summed E-state index contributed by atoms with van der Waals surface area (Å²) in [7, 11) is 0. The van der Waals surface area contributed by atoms with Gasteiger partial charge in [0.1, 0.15) is 0 Å². The van der Waals surface area contributed by atoms with Crippen LogP contribution in [0.5, 0.6) is 0 Å². The largest absolute Gasteiger partial charge is 0.319 e. The summed E-state index contributed by atoms with van der Waals surface area (Å²) in [6.45, 7) is 5.02. The molecule has 2 heterocycles. The van der Waals surface area contributed by atoms with Crippen molar-refractivity contribution < 1.29 is 0 Å². The van der Waals surface area contributed by atoms with Gasteiger partial charge in [0.15, 0.2) is 0 Å².